The molecule has 0 aromatic carbocycles. The molecule has 2 fully saturated rings. The lowest BCUT2D eigenvalue weighted by Gasteiger charge is -2.14. The molecule has 1 saturated heterocycles. The highest BCUT2D eigenvalue weighted by Gasteiger charge is 2.28. The zero-order valence-electron chi connectivity index (χ0n) is 13.6. The second kappa shape index (κ2) is 6.76. The Morgan fingerprint density at radius 3 is 2.70 bits per heavy atom. The number of aryl methyl sites for hydroxylation is 2. The molecule has 1 saturated carbocycles. The quantitative estimate of drug-likeness (QED) is 0.615. The summed E-state index contributed by atoms with van der Waals surface area (Å²) in [4.78, 5) is 10.3. The lowest BCUT2D eigenvalue weighted by molar-refractivity contribution is 0.566. The summed E-state index contributed by atoms with van der Waals surface area (Å²) in [5.74, 6) is 1.60. The van der Waals surface area contributed by atoms with Gasteiger partial charge in [0.1, 0.15) is 0 Å². The van der Waals surface area contributed by atoms with Gasteiger partial charge in [-0.25, -0.2) is 18.4 Å². The molecule has 0 amide bonds. The Hall–Kier alpha value is -1.15. The summed E-state index contributed by atoms with van der Waals surface area (Å²) in [6.07, 6.45) is 3.10. The van der Waals surface area contributed by atoms with E-state index in [9.17, 15) is 8.42 Å². The van der Waals surface area contributed by atoms with E-state index < -0.39 is 9.84 Å². The monoisotopic (exact) mass is 356 g/mol. The number of thiazole rings is 1. The summed E-state index contributed by atoms with van der Waals surface area (Å²) < 4.78 is 23.1. The number of guanidine groups is 1. The Labute approximate surface area is 141 Å². The highest BCUT2D eigenvalue weighted by Crippen LogP contribution is 2.20. The van der Waals surface area contributed by atoms with Crippen LogP contribution in [-0.4, -0.2) is 43.5 Å². The van der Waals surface area contributed by atoms with Gasteiger partial charge in [0.2, 0.25) is 0 Å². The third-order valence-electron chi connectivity index (χ3n) is 4.18. The molecule has 23 heavy (non-hydrogen) atoms. The lowest BCUT2D eigenvalue weighted by Crippen LogP contribution is -2.41. The van der Waals surface area contributed by atoms with E-state index in [4.69, 9.17) is 0 Å². The van der Waals surface area contributed by atoms with Crippen molar-refractivity contribution in [3.8, 4) is 0 Å². The summed E-state index contributed by atoms with van der Waals surface area (Å²) in [7, 11) is -2.82. The van der Waals surface area contributed by atoms with Gasteiger partial charge in [-0.05, 0) is 39.0 Å². The molecular weight excluding hydrogens is 332 g/mol. The Balaban J connectivity index is 1.58. The third-order valence-corrected chi connectivity index (χ3v) is 7.08. The van der Waals surface area contributed by atoms with E-state index in [1.54, 1.807) is 11.3 Å². The largest absolute Gasteiger partial charge is 0.356 e. The van der Waals surface area contributed by atoms with Crippen molar-refractivity contribution in [2.75, 3.05) is 18.1 Å². The van der Waals surface area contributed by atoms with Gasteiger partial charge >= 0.3 is 0 Å². The molecule has 1 aliphatic carbocycles. The van der Waals surface area contributed by atoms with Crippen LogP contribution in [0, 0.1) is 19.8 Å². The molecule has 0 radical (unpaired) electrons. The number of aliphatic imine (C=N–C) groups is 1. The number of rotatable bonds is 5. The fourth-order valence-electron chi connectivity index (χ4n) is 2.72. The molecule has 0 spiro atoms. The maximum absolute atomic E-state index is 11.5. The van der Waals surface area contributed by atoms with Gasteiger partial charge in [0, 0.05) is 17.5 Å². The van der Waals surface area contributed by atoms with E-state index in [2.05, 4.69) is 20.6 Å². The maximum atomic E-state index is 11.5. The van der Waals surface area contributed by atoms with Crippen molar-refractivity contribution in [1.82, 2.24) is 15.6 Å². The molecule has 8 heteroatoms. The van der Waals surface area contributed by atoms with Crippen LogP contribution in [0.3, 0.4) is 0 Å². The van der Waals surface area contributed by atoms with Gasteiger partial charge in [0.25, 0.3) is 0 Å². The van der Waals surface area contributed by atoms with E-state index >= 15 is 0 Å². The summed E-state index contributed by atoms with van der Waals surface area (Å²) in [5.41, 5.74) is 1.05. The van der Waals surface area contributed by atoms with Gasteiger partial charge < -0.3 is 10.6 Å². The molecule has 1 aromatic rings. The molecule has 0 bridgehead atoms. The molecule has 1 aromatic heterocycles. The van der Waals surface area contributed by atoms with E-state index in [0.717, 1.165) is 23.1 Å². The van der Waals surface area contributed by atoms with E-state index in [-0.39, 0.29) is 5.92 Å². The summed E-state index contributed by atoms with van der Waals surface area (Å²) in [6.45, 7) is 5.30. The average molecular weight is 357 g/mol. The zero-order valence-corrected chi connectivity index (χ0v) is 15.3. The summed E-state index contributed by atoms with van der Waals surface area (Å²) in [5, 5.41) is 7.80. The SMILES string of the molecule is Cc1nc(C)c(CN=C(NCC2CCS(=O)(=O)C2)NC2CC2)s1. The number of hydrogen-bond acceptors (Lipinski definition) is 5. The van der Waals surface area contributed by atoms with Crippen molar-refractivity contribution in [2.24, 2.45) is 10.9 Å². The number of nitrogens with zero attached hydrogens (tertiary/aromatic N) is 2. The van der Waals surface area contributed by atoms with Crippen molar-refractivity contribution < 1.29 is 8.42 Å². The number of sulfone groups is 1. The van der Waals surface area contributed by atoms with Crippen molar-refractivity contribution in [2.45, 2.75) is 45.7 Å². The number of nitrogens with one attached hydrogen (secondary N) is 2. The molecule has 2 heterocycles. The van der Waals surface area contributed by atoms with Gasteiger partial charge in [0.15, 0.2) is 15.8 Å². The Kier molecular flexibility index (Phi) is 4.91. The maximum Gasteiger partial charge on any atom is 0.191 e. The van der Waals surface area contributed by atoms with Gasteiger partial charge in [-0.1, -0.05) is 0 Å². The van der Waals surface area contributed by atoms with Gasteiger partial charge in [-0.3, -0.25) is 0 Å². The topological polar surface area (TPSA) is 83.5 Å². The molecule has 1 atom stereocenters. The van der Waals surface area contributed by atoms with Gasteiger partial charge in [0.05, 0.1) is 28.8 Å². The minimum absolute atomic E-state index is 0.193. The lowest BCUT2D eigenvalue weighted by atomic mass is 10.1. The Morgan fingerprint density at radius 2 is 2.13 bits per heavy atom. The first kappa shape index (κ1) is 16.7. The van der Waals surface area contributed by atoms with Crippen LogP contribution in [0.5, 0.6) is 0 Å². The van der Waals surface area contributed by atoms with E-state index in [1.165, 1.54) is 17.7 Å². The predicted octanol–water partition coefficient (Wildman–Crippen LogP) is 1.39. The second-order valence-corrected chi connectivity index (χ2v) is 9.99. The first-order chi connectivity index (χ1) is 10.9. The third kappa shape index (κ3) is 4.91. The van der Waals surface area contributed by atoms with Crippen molar-refractivity contribution in [1.29, 1.82) is 0 Å². The van der Waals surface area contributed by atoms with Crippen LogP contribution < -0.4 is 10.6 Å². The first-order valence-corrected chi connectivity index (χ1v) is 10.7. The fourth-order valence-corrected chi connectivity index (χ4v) is 5.44. The van der Waals surface area contributed by atoms with Crippen LogP contribution in [0.15, 0.2) is 4.99 Å². The van der Waals surface area contributed by atoms with Crippen LogP contribution in [0.25, 0.3) is 0 Å². The highest BCUT2D eigenvalue weighted by atomic mass is 32.2. The van der Waals surface area contributed by atoms with Crippen LogP contribution >= 0.6 is 11.3 Å². The zero-order chi connectivity index (χ0) is 16.4. The van der Waals surface area contributed by atoms with E-state index in [0.29, 0.717) is 30.6 Å². The van der Waals surface area contributed by atoms with Crippen molar-refractivity contribution in [3.05, 3.63) is 15.6 Å². The summed E-state index contributed by atoms with van der Waals surface area (Å²) >= 11 is 1.68. The van der Waals surface area contributed by atoms with Crippen LogP contribution in [0.2, 0.25) is 0 Å². The molecule has 1 unspecified atom stereocenters. The molecule has 1 aliphatic heterocycles. The van der Waals surface area contributed by atoms with Gasteiger partial charge in [-0.2, -0.15) is 0 Å². The number of aromatic nitrogens is 1. The molecule has 6 nitrogen and oxygen atoms in total. The minimum Gasteiger partial charge on any atom is -0.356 e. The summed E-state index contributed by atoms with van der Waals surface area (Å²) in [6, 6.07) is 0.512. The standard InChI is InChI=1S/C15H24N4O2S2/c1-10-14(22-11(2)18-10)8-17-15(19-13-3-4-13)16-7-12-5-6-23(20,21)9-12/h12-13H,3-9H2,1-2H3,(H2,16,17,19). The minimum atomic E-state index is -2.82. The Bertz CT molecular complexity index is 692. The fraction of sp³-hybridized carbons (Fsp3) is 0.733. The first-order valence-electron chi connectivity index (χ1n) is 8.09. The normalized spacial score (nSPS) is 23.9. The second-order valence-electron chi connectivity index (χ2n) is 6.47. The predicted molar refractivity (Wildman–Crippen MR) is 93.6 cm³/mol. The molecule has 3 rings (SSSR count). The molecular formula is C15H24N4O2S2. The van der Waals surface area contributed by atoms with Crippen molar-refractivity contribution >= 4 is 27.1 Å². The average Bonchev–Trinajstić information content (AvgIpc) is 3.14. The molecule has 128 valence electrons. The van der Waals surface area contributed by atoms with Crippen LogP contribution in [-0.2, 0) is 16.4 Å². The number of hydrogen-bond donors (Lipinski definition) is 2. The Morgan fingerprint density at radius 1 is 1.35 bits per heavy atom. The van der Waals surface area contributed by atoms with E-state index in [1.807, 2.05) is 13.8 Å². The smallest absolute Gasteiger partial charge is 0.191 e. The van der Waals surface area contributed by atoms with Gasteiger partial charge in [-0.15, -0.1) is 11.3 Å². The van der Waals surface area contributed by atoms with Crippen molar-refractivity contribution in [3.63, 3.8) is 0 Å². The highest BCUT2D eigenvalue weighted by molar-refractivity contribution is 7.91. The molecule has 2 N–H and O–H groups in total. The molecule has 2 aliphatic rings. The van der Waals surface area contributed by atoms with Crippen LogP contribution in [0.1, 0.15) is 34.8 Å². The van der Waals surface area contributed by atoms with Crippen LogP contribution in [0.4, 0.5) is 0 Å².